The first-order valence-corrected chi connectivity index (χ1v) is 8.74. The molecule has 0 bridgehead atoms. The fraction of sp³-hybridized carbons (Fsp3) is 0.583. The number of nitrogens with one attached hydrogen (secondary N) is 1. The van der Waals surface area contributed by atoms with Crippen molar-refractivity contribution in [2.24, 2.45) is 5.92 Å². The van der Waals surface area contributed by atoms with Crippen LogP contribution in [0.25, 0.3) is 0 Å². The Bertz CT molecular complexity index is 562. The van der Waals surface area contributed by atoms with Gasteiger partial charge in [0, 0.05) is 25.1 Å². The molecule has 2 rings (SSSR count). The number of thiophene rings is 1. The summed E-state index contributed by atoms with van der Waals surface area (Å²) in [4.78, 5) is 10.7. The molecule has 0 aliphatic heterocycles. The summed E-state index contributed by atoms with van der Waals surface area (Å²) in [6.07, 6.45) is 3.07. The van der Waals surface area contributed by atoms with Gasteiger partial charge in [-0.05, 0) is 31.2 Å². The highest BCUT2D eigenvalue weighted by molar-refractivity contribution is 7.91. The van der Waals surface area contributed by atoms with E-state index in [1.54, 1.807) is 0 Å². The fourth-order valence-corrected chi connectivity index (χ4v) is 3.83. The molecule has 112 valence electrons. The van der Waals surface area contributed by atoms with Gasteiger partial charge >= 0.3 is 5.97 Å². The van der Waals surface area contributed by atoms with Crippen molar-refractivity contribution in [3.05, 3.63) is 17.0 Å². The van der Waals surface area contributed by atoms with Crippen LogP contribution in [-0.4, -0.2) is 39.3 Å². The molecule has 0 aromatic carbocycles. The number of carbonyl (C=O) groups is 1. The first kappa shape index (κ1) is 15.4. The Balaban J connectivity index is 1.73. The molecule has 2 N–H and O–H groups in total. The Labute approximate surface area is 121 Å². The molecule has 0 spiro atoms. The van der Waals surface area contributed by atoms with Gasteiger partial charge in [0.1, 0.15) is 4.21 Å². The molecule has 20 heavy (non-hydrogen) atoms. The highest BCUT2D eigenvalue weighted by Gasteiger charge is 2.21. The minimum absolute atomic E-state index is 0.0110. The third-order valence-electron chi connectivity index (χ3n) is 2.90. The molecule has 0 unspecified atom stereocenters. The topological polar surface area (TPSA) is 92.7 Å². The van der Waals surface area contributed by atoms with E-state index in [9.17, 15) is 13.2 Å². The highest BCUT2D eigenvalue weighted by Crippen LogP contribution is 2.28. The van der Waals surface area contributed by atoms with Crippen molar-refractivity contribution < 1.29 is 23.1 Å². The molecule has 0 saturated heterocycles. The zero-order valence-corrected chi connectivity index (χ0v) is 12.5. The van der Waals surface area contributed by atoms with Crippen LogP contribution in [0, 0.1) is 5.92 Å². The largest absolute Gasteiger partial charge is 0.478 e. The summed E-state index contributed by atoms with van der Waals surface area (Å²) in [6.45, 7) is 1.58. The SMILES string of the molecule is O=C(O)c1csc(S(=O)(=O)NCCCOCC2CC2)c1. The van der Waals surface area contributed by atoms with Crippen LogP contribution in [0.2, 0.25) is 0 Å². The predicted molar refractivity (Wildman–Crippen MR) is 74.6 cm³/mol. The number of aromatic carboxylic acids is 1. The molecule has 1 heterocycles. The minimum atomic E-state index is -3.61. The number of carboxylic acid groups (broad SMARTS) is 1. The van der Waals surface area contributed by atoms with Gasteiger partial charge in [0.15, 0.2) is 0 Å². The Hall–Kier alpha value is -0.960. The average molecular weight is 319 g/mol. The lowest BCUT2D eigenvalue weighted by Gasteiger charge is -2.05. The van der Waals surface area contributed by atoms with Crippen molar-refractivity contribution in [3.63, 3.8) is 0 Å². The molecule has 0 atom stereocenters. The van der Waals surface area contributed by atoms with Gasteiger partial charge in [-0.3, -0.25) is 0 Å². The number of hydrogen-bond acceptors (Lipinski definition) is 5. The fourth-order valence-electron chi connectivity index (χ4n) is 1.56. The monoisotopic (exact) mass is 319 g/mol. The lowest BCUT2D eigenvalue weighted by atomic mass is 10.4. The summed E-state index contributed by atoms with van der Waals surface area (Å²) >= 11 is 0.903. The summed E-state index contributed by atoms with van der Waals surface area (Å²) in [5, 5.41) is 10.1. The van der Waals surface area contributed by atoms with E-state index in [0.29, 0.717) is 18.9 Å². The zero-order chi connectivity index (χ0) is 14.6. The predicted octanol–water partition coefficient (Wildman–Crippen LogP) is 1.54. The van der Waals surface area contributed by atoms with Crippen molar-refractivity contribution in [2.75, 3.05) is 19.8 Å². The quantitative estimate of drug-likeness (QED) is 0.674. The second kappa shape index (κ2) is 6.66. The third kappa shape index (κ3) is 4.55. The first-order chi connectivity index (χ1) is 9.49. The molecule has 0 radical (unpaired) electrons. The van der Waals surface area contributed by atoms with Crippen molar-refractivity contribution in [1.82, 2.24) is 4.72 Å². The smallest absolute Gasteiger partial charge is 0.336 e. The molecule has 8 heteroatoms. The van der Waals surface area contributed by atoms with Gasteiger partial charge in [0.05, 0.1) is 5.56 Å². The molecule has 0 amide bonds. The van der Waals surface area contributed by atoms with E-state index in [1.165, 1.54) is 24.3 Å². The van der Waals surface area contributed by atoms with Gasteiger partial charge in [-0.25, -0.2) is 17.9 Å². The minimum Gasteiger partial charge on any atom is -0.478 e. The third-order valence-corrected chi connectivity index (χ3v) is 5.80. The molecule has 1 aromatic rings. The summed E-state index contributed by atoms with van der Waals surface area (Å²) in [5.74, 6) is -0.427. The van der Waals surface area contributed by atoms with Crippen LogP contribution in [0.15, 0.2) is 15.7 Å². The second-order valence-electron chi connectivity index (χ2n) is 4.73. The van der Waals surface area contributed by atoms with Crippen molar-refractivity contribution in [3.8, 4) is 0 Å². The van der Waals surface area contributed by atoms with Crippen LogP contribution in [0.5, 0.6) is 0 Å². The zero-order valence-electron chi connectivity index (χ0n) is 10.9. The number of rotatable bonds is 9. The molecule has 1 aromatic heterocycles. The summed E-state index contributed by atoms with van der Waals surface area (Å²) < 4.78 is 31.6. The van der Waals surface area contributed by atoms with Gasteiger partial charge in [0.25, 0.3) is 0 Å². The lowest BCUT2D eigenvalue weighted by molar-refractivity contribution is 0.0697. The van der Waals surface area contributed by atoms with Crippen LogP contribution in [-0.2, 0) is 14.8 Å². The molecule has 6 nitrogen and oxygen atoms in total. The van der Waals surface area contributed by atoms with Crippen molar-refractivity contribution in [1.29, 1.82) is 0 Å². The number of hydrogen-bond donors (Lipinski definition) is 2. The van der Waals surface area contributed by atoms with Crippen LogP contribution in [0.3, 0.4) is 0 Å². The van der Waals surface area contributed by atoms with Gasteiger partial charge in [0.2, 0.25) is 10.0 Å². The molecule has 1 saturated carbocycles. The van der Waals surface area contributed by atoms with E-state index >= 15 is 0 Å². The second-order valence-corrected chi connectivity index (χ2v) is 7.63. The van der Waals surface area contributed by atoms with Gasteiger partial charge in [-0.1, -0.05) is 0 Å². The molecule has 1 aliphatic carbocycles. The van der Waals surface area contributed by atoms with Crippen LogP contribution < -0.4 is 4.72 Å². The summed E-state index contributed by atoms with van der Waals surface area (Å²) in [6, 6.07) is 1.17. The molecular formula is C12H17NO5S2. The van der Waals surface area contributed by atoms with Crippen LogP contribution in [0.4, 0.5) is 0 Å². The number of ether oxygens (including phenoxy) is 1. The van der Waals surface area contributed by atoms with E-state index in [1.807, 2.05) is 0 Å². The number of carboxylic acids is 1. The average Bonchev–Trinajstić information content (AvgIpc) is 3.05. The van der Waals surface area contributed by atoms with Gasteiger partial charge in [-0.15, -0.1) is 11.3 Å². The highest BCUT2D eigenvalue weighted by atomic mass is 32.2. The number of sulfonamides is 1. The van der Waals surface area contributed by atoms with Crippen molar-refractivity contribution >= 4 is 27.3 Å². The van der Waals surface area contributed by atoms with E-state index in [4.69, 9.17) is 9.84 Å². The van der Waals surface area contributed by atoms with Crippen LogP contribution in [0.1, 0.15) is 29.6 Å². The van der Waals surface area contributed by atoms with Gasteiger partial charge in [-0.2, -0.15) is 0 Å². The maximum absolute atomic E-state index is 11.9. The van der Waals surface area contributed by atoms with E-state index in [-0.39, 0.29) is 16.3 Å². The lowest BCUT2D eigenvalue weighted by Crippen LogP contribution is -2.25. The first-order valence-electron chi connectivity index (χ1n) is 6.38. The van der Waals surface area contributed by atoms with Gasteiger partial charge < -0.3 is 9.84 Å². The van der Waals surface area contributed by atoms with Crippen LogP contribution >= 0.6 is 11.3 Å². The molecular weight excluding hydrogens is 302 g/mol. The Morgan fingerprint density at radius 3 is 2.85 bits per heavy atom. The van der Waals surface area contributed by atoms with Crippen molar-refractivity contribution in [2.45, 2.75) is 23.5 Å². The van der Waals surface area contributed by atoms with E-state index in [2.05, 4.69) is 4.72 Å². The standard InChI is InChI=1S/C12H17NO5S2/c14-12(15)10-6-11(19-8-10)20(16,17)13-4-1-5-18-7-9-2-3-9/h6,8-9,13H,1-5,7H2,(H,14,15). The normalized spacial score (nSPS) is 15.4. The summed E-state index contributed by atoms with van der Waals surface area (Å²) in [5.41, 5.74) is -0.0110. The Morgan fingerprint density at radius 2 is 2.25 bits per heavy atom. The van der Waals surface area contributed by atoms with E-state index in [0.717, 1.165) is 17.9 Å². The maximum atomic E-state index is 11.9. The molecule has 1 fully saturated rings. The summed E-state index contributed by atoms with van der Waals surface area (Å²) in [7, 11) is -3.61. The Morgan fingerprint density at radius 1 is 1.50 bits per heavy atom. The molecule has 1 aliphatic rings. The maximum Gasteiger partial charge on any atom is 0.336 e. The van der Waals surface area contributed by atoms with E-state index < -0.39 is 16.0 Å². The Kier molecular flexibility index (Phi) is 5.14.